The zero-order valence-corrected chi connectivity index (χ0v) is 11.0. The number of benzene rings is 1. The van der Waals surface area contributed by atoms with Gasteiger partial charge in [-0.3, -0.25) is 9.36 Å². The summed E-state index contributed by atoms with van der Waals surface area (Å²) in [4.78, 5) is 16.1. The number of alkyl halides is 3. The Kier molecular flexibility index (Phi) is 4.01. The molecule has 0 fully saturated rings. The fourth-order valence-electron chi connectivity index (χ4n) is 1.81. The molecule has 0 radical (unpaired) electrons. The molecule has 0 saturated heterocycles. The summed E-state index contributed by atoms with van der Waals surface area (Å²) in [6, 6.07) is 2.80. The first-order chi connectivity index (χ1) is 9.34. The minimum atomic E-state index is -4.51. The van der Waals surface area contributed by atoms with Crippen LogP contribution < -0.4 is 11.3 Å². The molecule has 2 aromatic rings. The second kappa shape index (κ2) is 5.41. The molecule has 1 aromatic heterocycles. The molecule has 20 heavy (non-hydrogen) atoms. The lowest BCUT2D eigenvalue weighted by atomic mass is 10.1. The number of hydrogen-bond donors (Lipinski definition) is 1. The summed E-state index contributed by atoms with van der Waals surface area (Å²) in [5, 5.41) is -0.169. The van der Waals surface area contributed by atoms with Crippen LogP contribution in [0.15, 0.2) is 23.0 Å². The third kappa shape index (κ3) is 2.78. The SMILES string of the molecule is NCCCn1c(Cl)nc2ccc(C(F)(F)F)cc2c1=O. The van der Waals surface area contributed by atoms with Gasteiger partial charge in [-0.25, -0.2) is 4.98 Å². The van der Waals surface area contributed by atoms with Crippen LogP contribution in [0.2, 0.25) is 5.28 Å². The van der Waals surface area contributed by atoms with E-state index in [0.717, 1.165) is 22.8 Å². The Morgan fingerprint density at radius 2 is 2.05 bits per heavy atom. The molecule has 1 heterocycles. The first kappa shape index (κ1) is 14.8. The van der Waals surface area contributed by atoms with E-state index in [2.05, 4.69) is 4.98 Å². The molecule has 0 aliphatic heterocycles. The van der Waals surface area contributed by atoms with E-state index in [1.807, 2.05) is 0 Å². The maximum Gasteiger partial charge on any atom is 0.416 e. The quantitative estimate of drug-likeness (QED) is 0.886. The van der Waals surface area contributed by atoms with Crippen LogP contribution >= 0.6 is 11.6 Å². The van der Waals surface area contributed by atoms with Crippen molar-refractivity contribution in [2.75, 3.05) is 6.54 Å². The van der Waals surface area contributed by atoms with Gasteiger partial charge >= 0.3 is 6.18 Å². The zero-order chi connectivity index (χ0) is 14.9. The van der Waals surface area contributed by atoms with Gasteiger partial charge in [-0.1, -0.05) is 0 Å². The van der Waals surface area contributed by atoms with E-state index in [1.54, 1.807) is 0 Å². The summed E-state index contributed by atoms with van der Waals surface area (Å²) >= 11 is 5.86. The van der Waals surface area contributed by atoms with Gasteiger partial charge in [0.1, 0.15) is 0 Å². The van der Waals surface area contributed by atoms with E-state index < -0.39 is 17.3 Å². The van der Waals surface area contributed by atoms with Crippen LogP contribution in [0.5, 0.6) is 0 Å². The molecule has 0 saturated carbocycles. The predicted octanol–water partition coefficient (Wildman–Crippen LogP) is 2.42. The molecule has 8 heteroatoms. The first-order valence-corrected chi connectivity index (χ1v) is 6.19. The number of aromatic nitrogens is 2. The summed E-state index contributed by atoms with van der Waals surface area (Å²) in [5.41, 5.74) is 3.99. The van der Waals surface area contributed by atoms with Crippen LogP contribution in [0.3, 0.4) is 0 Å². The van der Waals surface area contributed by atoms with Crippen molar-refractivity contribution in [3.63, 3.8) is 0 Å². The Labute approximate surface area is 117 Å². The lowest BCUT2D eigenvalue weighted by molar-refractivity contribution is -0.137. The standard InChI is InChI=1S/C12H11ClF3N3O/c13-11-18-9-3-2-7(12(14,15)16)6-8(9)10(20)19(11)5-1-4-17/h2-3,6H,1,4-5,17H2. The highest BCUT2D eigenvalue weighted by Gasteiger charge is 2.31. The van der Waals surface area contributed by atoms with Crippen molar-refractivity contribution in [1.29, 1.82) is 0 Å². The third-order valence-electron chi connectivity index (χ3n) is 2.82. The molecule has 4 nitrogen and oxygen atoms in total. The molecule has 0 bridgehead atoms. The Morgan fingerprint density at radius 1 is 1.35 bits per heavy atom. The van der Waals surface area contributed by atoms with Gasteiger partial charge in [-0.15, -0.1) is 0 Å². The molecule has 0 aliphatic carbocycles. The van der Waals surface area contributed by atoms with Gasteiger partial charge in [0.05, 0.1) is 16.5 Å². The monoisotopic (exact) mass is 305 g/mol. The summed E-state index contributed by atoms with van der Waals surface area (Å²) in [5.74, 6) is 0. The smallest absolute Gasteiger partial charge is 0.330 e. The molecule has 0 unspecified atom stereocenters. The lowest BCUT2D eigenvalue weighted by Gasteiger charge is -2.10. The van der Waals surface area contributed by atoms with Crippen LogP contribution in [0.25, 0.3) is 10.9 Å². The molecule has 2 rings (SSSR count). The summed E-state index contributed by atoms with van der Waals surface area (Å²) in [7, 11) is 0. The number of nitrogens with two attached hydrogens (primary N) is 1. The van der Waals surface area contributed by atoms with Gasteiger partial charge in [-0.05, 0) is 42.8 Å². The van der Waals surface area contributed by atoms with Gasteiger partial charge < -0.3 is 5.73 Å². The fraction of sp³-hybridized carbons (Fsp3) is 0.333. The van der Waals surface area contributed by atoms with Crippen molar-refractivity contribution in [1.82, 2.24) is 9.55 Å². The Balaban J connectivity index is 2.65. The molecule has 1 aromatic carbocycles. The van der Waals surface area contributed by atoms with E-state index in [1.165, 1.54) is 0 Å². The van der Waals surface area contributed by atoms with Gasteiger partial charge in [0.15, 0.2) is 0 Å². The fourth-order valence-corrected chi connectivity index (χ4v) is 2.07. The highest BCUT2D eigenvalue weighted by atomic mass is 35.5. The molecule has 0 spiro atoms. The molecular weight excluding hydrogens is 295 g/mol. The third-order valence-corrected chi connectivity index (χ3v) is 3.11. The number of fused-ring (bicyclic) bond motifs is 1. The van der Waals surface area contributed by atoms with E-state index in [9.17, 15) is 18.0 Å². The largest absolute Gasteiger partial charge is 0.416 e. The molecule has 0 atom stereocenters. The lowest BCUT2D eigenvalue weighted by Crippen LogP contribution is -2.24. The average molecular weight is 306 g/mol. The molecule has 108 valence electrons. The van der Waals surface area contributed by atoms with Crippen molar-refractivity contribution in [2.24, 2.45) is 5.73 Å². The number of nitrogens with zero attached hydrogens (tertiary/aromatic N) is 2. The van der Waals surface area contributed by atoms with E-state index in [-0.39, 0.29) is 22.7 Å². The Morgan fingerprint density at radius 3 is 2.65 bits per heavy atom. The van der Waals surface area contributed by atoms with Crippen molar-refractivity contribution in [2.45, 2.75) is 19.1 Å². The van der Waals surface area contributed by atoms with E-state index >= 15 is 0 Å². The van der Waals surface area contributed by atoms with Crippen LogP contribution in [-0.4, -0.2) is 16.1 Å². The molecule has 0 aliphatic rings. The van der Waals surface area contributed by atoms with Crippen LogP contribution in [0, 0.1) is 0 Å². The van der Waals surface area contributed by atoms with Crippen LogP contribution in [-0.2, 0) is 12.7 Å². The minimum Gasteiger partial charge on any atom is -0.330 e. The maximum absolute atomic E-state index is 12.7. The number of halogens is 4. The first-order valence-electron chi connectivity index (χ1n) is 5.82. The normalized spacial score (nSPS) is 12.1. The van der Waals surface area contributed by atoms with E-state index in [0.29, 0.717) is 13.0 Å². The topological polar surface area (TPSA) is 60.9 Å². The van der Waals surface area contributed by atoms with Gasteiger partial charge in [-0.2, -0.15) is 13.2 Å². The van der Waals surface area contributed by atoms with Gasteiger partial charge in [0.2, 0.25) is 5.28 Å². The van der Waals surface area contributed by atoms with Crippen molar-refractivity contribution in [3.8, 4) is 0 Å². The average Bonchev–Trinajstić information content (AvgIpc) is 2.37. The van der Waals surface area contributed by atoms with Crippen LogP contribution in [0.4, 0.5) is 13.2 Å². The van der Waals surface area contributed by atoms with Crippen molar-refractivity contribution >= 4 is 22.5 Å². The Bertz CT molecular complexity index is 697. The van der Waals surface area contributed by atoms with Crippen molar-refractivity contribution < 1.29 is 13.2 Å². The predicted molar refractivity (Wildman–Crippen MR) is 69.7 cm³/mol. The minimum absolute atomic E-state index is 0.0595. The number of rotatable bonds is 3. The molecular formula is C12H11ClF3N3O. The summed E-state index contributed by atoms with van der Waals surface area (Å²) < 4.78 is 39.1. The highest BCUT2D eigenvalue weighted by Crippen LogP contribution is 2.30. The van der Waals surface area contributed by atoms with Gasteiger partial charge in [0.25, 0.3) is 5.56 Å². The molecule has 2 N–H and O–H groups in total. The summed E-state index contributed by atoms with van der Waals surface area (Å²) in [6.07, 6.45) is -4.03. The zero-order valence-electron chi connectivity index (χ0n) is 10.2. The number of hydrogen-bond acceptors (Lipinski definition) is 3. The van der Waals surface area contributed by atoms with Gasteiger partial charge in [0, 0.05) is 6.54 Å². The second-order valence-corrected chi connectivity index (χ2v) is 4.55. The van der Waals surface area contributed by atoms with E-state index in [4.69, 9.17) is 17.3 Å². The Hall–Kier alpha value is -1.60. The highest BCUT2D eigenvalue weighted by molar-refractivity contribution is 6.28. The second-order valence-electron chi connectivity index (χ2n) is 4.21. The maximum atomic E-state index is 12.7. The van der Waals surface area contributed by atoms with Crippen molar-refractivity contribution in [3.05, 3.63) is 39.4 Å². The van der Waals surface area contributed by atoms with Crippen LogP contribution in [0.1, 0.15) is 12.0 Å². The molecule has 0 amide bonds. The summed E-state index contributed by atoms with van der Waals surface area (Å²) in [6.45, 7) is 0.552.